The molecule has 106 valence electrons. The Morgan fingerprint density at radius 3 is 1.86 bits per heavy atom. The molecule has 22 heavy (non-hydrogen) atoms. The van der Waals surface area contributed by atoms with Gasteiger partial charge in [-0.15, -0.1) is 0 Å². The molecule has 0 saturated carbocycles. The van der Waals surface area contributed by atoms with E-state index in [1.54, 1.807) is 18.3 Å². The van der Waals surface area contributed by atoms with Crippen molar-refractivity contribution < 1.29 is 5.11 Å². The molecule has 0 aliphatic carbocycles. The van der Waals surface area contributed by atoms with Crippen LogP contribution in [-0.4, -0.2) is 16.0 Å². The fourth-order valence-electron chi connectivity index (χ4n) is 2.71. The van der Waals surface area contributed by atoms with Crippen molar-refractivity contribution in [1.29, 1.82) is 0 Å². The summed E-state index contributed by atoms with van der Waals surface area (Å²) in [7, 11) is 0. The van der Waals surface area contributed by atoms with Gasteiger partial charge >= 0.3 is 0 Å². The van der Waals surface area contributed by atoms with E-state index in [9.17, 15) is 5.11 Å². The van der Waals surface area contributed by atoms with Gasteiger partial charge in [0.05, 0.1) is 17.2 Å². The summed E-state index contributed by atoms with van der Waals surface area (Å²) in [5, 5.41) is 16.4. The second-order valence-electron chi connectivity index (χ2n) is 5.18. The number of benzene rings is 3. The van der Waals surface area contributed by atoms with Crippen LogP contribution < -0.4 is 0 Å². The van der Waals surface area contributed by atoms with E-state index < -0.39 is 0 Å². The number of hydrogen-bond donors (Lipinski definition) is 1. The average molecular weight is 286 g/mol. The second kappa shape index (κ2) is 5.04. The molecule has 0 amide bonds. The van der Waals surface area contributed by atoms with Crippen LogP contribution in [0.4, 0.5) is 0 Å². The van der Waals surface area contributed by atoms with Gasteiger partial charge in [0.15, 0.2) is 0 Å². The molecule has 3 nitrogen and oxygen atoms in total. The summed E-state index contributed by atoms with van der Waals surface area (Å²) in [4.78, 5) is 0. The Bertz CT molecular complexity index is 928. The molecular formula is C19H14N2O. The van der Waals surface area contributed by atoms with Gasteiger partial charge in [-0.1, -0.05) is 36.4 Å². The van der Waals surface area contributed by atoms with Gasteiger partial charge in [-0.05, 0) is 42.0 Å². The summed E-state index contributed by atoms with van der Waals surface area (Å²) in [6.07, 6.45) is 1.80. The molecule has 1 N–H and O–H groups in total. The molecule has 1 aromatic heterocycles. The highest BCUT2D eigenvalue weighted by atomic mass is 16.3. The van der Waals surface area contributed by atoms with Crippen molar-refractivity contribution in [2.75, 3.05) is 0 Å². The molecule has 0 bridgehead atoms. The van der Waals surface area contributed by atoms with Gasteiger partial charge in [-0.3, -0.25) is 0 Å². The molecule has 0 aliphatic heterocycles. The van der Waals surface area contributed by atoms with Crippen LogP contribution in [0.1, 0.15) is 5.56 Å². The smallest absolute Gasteiger partial charge is 0.115 e. The van der Waals surface area contributed by atoms with Crippen LogP contribution in [0, 0.1) is 0 Å². The van der Waals surface area contributed by atoms with E-state index >= 15 is 0 Å². The van der Waals surface area contributed by atoms with E-state index in [0.29, 0.717) is 0 Å². The van der Waals surface area contributed by atoms with Gasteiger partial charge in [0.2, 0.25) is 0 Å². The van der Waals surface area contributed by atoms with Crippen LogP contribution in [0.2, 0.25) is 0 Å². The lowest BCUT2D eigenvalue weighted by Crippen LogP contribution is -1.90. The van der Waals surface area contributed by atoms with Crippen LogP contribution in [0.25, 0.3) is 21.8 Å². The Morgan fingerprint density at radius 1 is 0.727 bits per heavy atom. The van der Waals surface area contributed by atoms with Crippen molar-refractivity contribution in [3.8, 4) is 5.75 Å². The minimum Gasteiger partial charge on any atom is -0.508 e. The summed E-state index contributed by atoms with van der Waals surface area (Å²) in [5.41, 5.74) is 3.11. The maximum absolute atomic E-state index is 9.34. The molecule has 0 fully saturated rings. The first-order chi connectivity index (χ1) is 10.8. The minimum atomic E-state index is 0.258. The van der Waals surface area contributed by atoms with E-state index in [4.69, 9.17) is 0 Å². The molecule has 0 atom stereocenters. The van der Waals surface area contributed by atoms with Gasteiger partial charge < -0.3 is 5.11 Å². The third-order valence-electron chi connectivity index (χ3n) is 3.77. The quantitative estimate of drug-likeness (QED) is 0.545. The van der Waals surface area contributed by atoms with Crippen LogP contribution in [0.5, 0.6) is 5.75 Å². The molecule has 0 unspecified atom stereocenters. The first-order valence-electron chi connectivity index (χ1n) is 7.14. The van der Waals surface area contributed by atoms with Crippen LogP contribution >= 0.6 is 0 Å². The molecule has 1 heterocycles. The predicted molar refractivity (Wildman–Crippen MR) is 90.5 cm³/mol. The molecule has 4 aromatic rings. The van der Waals surface area contributed by atoms with Crippen molar-refractivity contribution in [3.63, 3.8) is 0 Å². The Morgan fingerprint density at radius 2 is 1.27 bits per heavy atom. The van der Waals surface area contributed by atoms with E-state index in [2.05, 4.69) is 29.4 Å². The van der Waals surface area contributed by atoms with Gasteiger partial charge in [0.25, 0.3) is 0 Å². The summed E-state index contributed by atoms with van der Waals surface area (Å²) < 4.78 is 1.96. The van der Waals surface area contributed by atoms with Crippen LogP contribution in [0.3, 0.4) is 0 Å². The molecular weight excluding hydrogens is 272 g/mol. The lowest BCUT2D eigenvalue weighted by molar-refractivity contribution is 0.475. The van der Waals surface area contributed by atoms with Crippen molar-refractivity contribution in [2.24, 2.45) is 5.10 Å². The molecule has 4 rings (SSSR count). The number of nitrogens with zero attached hydrogens (tertiary/aromatic N) is 2. The Kier molecular flexibility index (Phi) is 2.90. The Labute approximate surface area is 127 Å². The zero-order valence-corrected chi connectivity index (χ0v) is 11.8. The molecule has 3 heteroatoms. The lowest BCUT2D eigenvalue weighted by Gasteiger charge is -2.00. The van der Waals surface area contributed by atoms with Crippen molar-refractivity contribution in [3.05, 3.63) is 78.4 Å². The average Bonchev–Trinajstić information content (AvgIpc) is 2.89. The largest absolute Gasteiger partial charge is 0.508 e. The lowest BCUT2D eigenvalue weighted by atomic mass is 10.2. The Hall–Kier alpha value is -3.07. The maximum Gasteiger partial charge on any atom is 0.115 e. The number of para-hydroxylation sites is 2. The number of fused-ring (bicyclic) bond motifs is 3. The highest BCUT2D eigenvalue weighted by Gasteiger charge is 2.08. The van der Waals surface area contributed by atoms with Crippen molar-refractivity contribution in [1.82, 2.24) is 4.68 Å². The van der Waals surface area contributed by atoms with Crippen molar-refractivity contribution >= 4 is 28.0 Å². The number of phenolic OH excluding ortho intramolecular Hbond substituents is 1. The summed E-state index contributed by atoms with van der Waals surface area (Å²) >= 11 is 0. The summed E-state index contributed by atoms with van der Waals surface area (Å²) in [6, 6.07) is 23.5. The third-order valence-corrected chi connectivity index (χ3v) is 3.77. The van der Waals surface area contributed by atoms with Gasteiger partial charge in [0, 0.05) is 10.8 Å². The van der Waals surface area contributed by atoms with E-state index in [-0.39, 0.29) is 5.75 Å². The van der Waals surface area contributed by atoms with E-state index in [0.717, 1.165) is 16.6 Å². The van der Waals surface area contributed by atoms with Crippen molar-refractivity contribution in [2.45, 2.75) is 0 Å². The molecule has 3 aromatic carbocycles. The van der Waals surface area contributed by atoms with Gasteiger partial charge in [-0.2, -0.15) is 5.10 Å². The first kappa shape index (κ1) is 12.7. The number of aromatic nitrogens is 1. The normalized spacial score (nSPS) is 11.6. The highest BCUT2D eigenvalue weighted by molar-refractivity contribution is 6.08. The number of phenols is 1. The van der Waals surface area contributed by atoms with Gasteiger partial charge in [0.1, 0.15) is 5.75 Å². The predicted octanol–water partition coefficient (Wildman–Crippen LogP) is 4.38. The van der Waals surface area contributed by atoms with E-state index in [1.165, 1.54) is 10.8 Å². The van der Waals surface area contributed by atoms with E-state index in [1.807, 2.05) is 41.1 Å². The minimum absolute atomic E-state index is 0.258. The zero-order chi connectivity index (χ0) is 14.9. The number of hydrogen-bond acceptors (Lipinski definition) is 2. The maximum atomic E-state index is 9.34. The molecule has 0 radical (unpaired) electrons. The number of aromatic hydroxyl groups is 1. The van der Waals surface area contributed by atoms with Crippen LogP contribution in [-0.2, 0) is 0 Å². The van der Waals surface area contributed by atoms with Crippen LogP contribution in [0.15, 0.2) is 77.9 Å². The monoisotopic (exact) mass is 286 g/mol. The SMILES string of the molecule is Oc1ccc(/C=N/n2c3ccccc3c3ccccc32)cc1. The standard InChI is InChI=1S/C19H14N2O/c22-15-11-9-14(10-12-15)13-20-21-18-7-3-1-5-16(18)17-6-2-4-8-19(17)21/h1-13,22H/b20-13+. The Balaban J connectivity index is 1.91. The third kappa shape index (κ3) is 2.04. The second-order valence-corrected chi connectivity index (χ2v) is 5.18. The highest BCUT2D eigenvalue weighted by Crippen LogP contribution is 2.28. The first-order valence-corrected chi connectivity index (χ1v) is 7.14. The molecule has 0 saturated heterocycles. The van der Waals surface area contributed by atoms with Gasteiger partial charge in [-0.25, -0.2) is 4.68 Å². The fourth-order valence-corrected chi connectivity index (χ4v) is 2.71. The number of rotatable bonds is 2. The fraction of sp³-hybridized carbons (Fsp3) is 0. The molecule has 0 aliphatic rings. The topological polar surface area (TPSA) is 37.5 Å². The zero-order valence-electron chi connectivity index (χ0n) is 11.8. The molecule has 0 spiro atoms. The summed E-state index contributed by atoms with van der Waals surface area (Å²) in [6.45, 7) is 0. The summed E-state index contributed by atoms with van der Waals surface area (Å²) in [5.74, 6) is 0.258.